The second-order valence-electron chi connectivity index (χ2n) is 2.20. The fourth-order valence-electron chi connectivity index (χ4n) is 0.558. The molecule has 5 heteroatoms. The number of hydrogen-bond acceptors (Lipinski definition) is 2. The van der Waals surface area contributed by atoms with Crippen molar-refractivity contribution in [3.05, 3.63) is 0 Å². The lowest BCUT2D eigenvalue weighted by Crippen LogP contribution is -2.18. The molecule has 1 heterocycles. The molecule has 1 fully saturated rings. The summed E-state index contributed by atoms with van der Waals surface area (Å²) in [5, 5.41) is 4.36. The van der Waals surface area contributed by atoms with E-state index in [1.807, 2.05) is 0 Å². The number of alkyl halides is 2. The quantitative estimate of drug-likeness (QED) is 0.622. The molecule has 1 saturated heterocycles. The van der Waals surface area contributed by atoms with Crippen molar-refractivity contribution in [3.63, 3.8) is 0 Å². The lowest BCUT2D eigenvalue weighted by Gasteiger charge is -1.79. The number of carbonyl (C=O) groups excluding carboxylic acids is 2. The van der Waals surface area contributed by atoms with Crippen LogP contribution >= 0.6 is 31.9 Å². The first-order valence-corrected chi connectivity index (χ1v) is 5.89. The normalized spacial score (nSPS) is 15.2. The van der Waals surface area contributed by atoms with Crippen molar-refractivity contribution in [2.24, 2.45) is 0 Å². The first-order valence-electron chi connectivity index (χ1n) is 3.65. The van der Waals surface area contributed by atoms with Crippen molar-refractivity contribution < 1.29 is 9.59 Å². The molecule has 0 aromatic carbocycles. The third kappa shape index (κ3) is 6.79. The van der Waals surface area contributed by atoms with Crippen LogP contribution in [0.1, 0.15) is 19.3 Å². The Morgan fingerprint density at radius 3 is 1.58 bits per heavy atom. The summed E-state index contributed by atoms with van der Waals surface area (Å²) in [7, 11) is 0. The topological polar surface area (TPSA) is 46.2 Å². The van der Waals surface area contributed by atoms with E-state index in [-0.39, 0.29) is 11.8 Å². The molecule has 0 aromatic heterocycles. The molecule has 2 amide bonds. The molecule has 0 spiro atoms. The fraction of sp³-hybridized carbons (Fsp3) is 0.714. The molecular formula is C7H11Br2NO2. The summed E-state index contributed by atoms with van der Waals surface area (Å²) in [5.41, 5.74) is 0. The Kier molecular flexibility index (Phi) is 7.80. The summed E-state index contributed by atoms with van der Waals surface area (Å²) in [6.07, 6.45) is 1.97. The first kappa shape index (κ1) is 12.1. The van der Waals surface area contributed by atoms with Crippen LogP contribution in [0, 0.1) is 0 Å². The van der Waals surface area contributed by atoms with Crippen LogP contribution in [0.2, 0.25) is 0 Å². The van der Waals surface area contributed by atoms with Crippen molar-refractivity contribution in [1.29, 1.82) is 0 Å². The maximum atomic E-state index is 10.1. The van der Waals surface area contributed by atoms with E-state index in [1.54, 1.807) is 0 Å². The van der Waals surface area contributed by atoms with Gasteiger partial charge < -0.3 is 0 Å². The Labute approximate surface area is 88.5 Å². The van der Waals surface area contributed by atoms with Gasteiger partial charge in [0.25, 0.3) is 0 Å². The highest BCUT2D eigenvalue weighted by molar-refractivity contribution is 9.09. The van der Waals surface area contributed by atoms with E-state index in [1.165, 1.54) is 6.42 Å². The number of nitrogens with one attached hydrogen (secondary N) is 1. The fourth-order valence-corrected chi connectivity index (χ4v) is 1.87. The Morgan fingerprint density at radius 2 is 1.50 bits per heavy atom. The van der Waals surface area contributed by atoms with Gasteiger partial charge in [0.15, 0.2) is 0 Å². The van der Waals surface area contributed by atoms with Gasteiger partial charge in [0.2, 0.25) is 11.8 Å². The van der Waals surface area contributed by atoms with Crippen LogP contribution in [0.4, 0.5) is 0 Å². The van der Waals surface area contributed by atoms with Crippen LogP contribution in [0.15, 0.2) is 0 Å². The Balaban J connectivity index is 0.000000217. The minimum atomic E-state index is -0.148. The Hall–Kier alpha value is 0.100. The summed E-state index contributed by atoms with van der Waals surface area (Å²) in [5.74, 6) is -0.296. The summed E-state index contributed by atoms with van der Waals surface area (Å²) >= 11 is 6.56. The van der Waals surface area contributed by atoms with Gasteiger partial charge in [-0.05, 0) is 6.42 Å². The van der Waals surface area contributed by atoms with E-state index in [4.69, 9.17) is 0 Å². The monoisotopic (exact) mass is 299 g/mol. The number of imide groups is 1. The summed E-state index contributed by atoms with van der Waals surface area (Å²) in [4.78, 5) is 20.2. The van der Waals surface area contributed by atoms with E-state index < -0.39 is 0 Å². The molecule has 0 unspecified atom stereocenters. The molecule has 1 aliphatic heterocycles. The molecule has 0 radical (unpaired) electrons. The van der Waals surface area contributed by atoms with Crippen molar-refractivity contribution in [2.45, 2.75) is 19.3 Å². The number of carbonyl (C=O) groups is 2. The lowest BCUT2D eigenvalue weighted by atomic mass is 10.4. The van der Waals surface area contributed by atoms with E-state index in [2.05, 4.69) is 37.2 Å². The van der Waals surface area contributed by atoms with Crippen LogP contribution in [0.25, 0.3) is 0 Å². The molecule has 12 heavy (non-hydrogen) atoms. The van der Waals surface area contributed by atoms with Crippen molar-refractivity contribution in [2.75, 3.05) is 10.7 Å². The van der Waals surface area contributed by atoms with Crippen molar-refractivity contribution in [1.82, 2.24) is 5.32 Å². The van der Waals surface area contributed by atoms with Gasteiger partial charge >= 0.3 is 0 Å². The van der Waals surface area contributed by atoms with E-state index in [0.717, 1.165) is 10.7 Å². The summed E-state index contributed by atoms with van der Waals surface area (Å²) in [6.45, 7) is 0. The Bertz CT molecular complexity index is 145. The second-order valence-corrected chi connectivity index (χ2v) is 3.79. The van der Waals surface area contributed by atoms with Gasteiger partial charge in [-0.2, -0.15) is 0 Å². The van der Waals surface area contributed by atoms with E-state index in [9.17, 15) is 9.59 Å². The van der Waals surface area contributed by atoms with Crippen LogP contribution in [0.5, 0.6) is 0 Å². The first-order chi connectivity index (χ1) is 5.70. The molecule has 1 rings (SSSR count). The van der Waals surface area contributed by atoms with E-state index >= 15 is 0 Å². The molecule has 3 nitrogen and oxygen atoms in total. The molecule has 0 atom stereocenters. The average Bonchev–Trinajstić information content (AvgIpc) is 2.38. The predicted molar refractivity (Wildman–Crippen MR) is 54.6 cm³/mol. The number of hydrogen-bond donors (Lipinski definition) is 1. The third-order valence-electron chi connectivity index (χ3n) is 1.13. The zero-order valence-electron chi connectivity index (χ0n) is 6.61. The van der Waals surface area contributed by atoms with Gasteiger partial charge in [0.1, 0.15) is 0 Å². The number of amides is 2. The molecule has 0 bridgehead atoms. The molecular weight excluding hydrogens is 290 g/mol. The van der Waals surface area contributed by atoms with Gasteiger partial charge in [-0.3, -0.25) is 14.9 Å². The van der Waals surface area contributed by atoms with Gasteiger partial charge in [-0.1, -0.05) is 31.9 Å². The van der Waals surface area contributed by atoms with Crippen LogP contribution in [-0.4, -0.2) is 22.5 Å². The predicted octanol–water partition coefficient (Wildman–Crippen LogP) is 1.59. The second kappa shape index (κ2) is 7.73. The average molecular weight is 301 g/mol. The third-order valence-corrected chi connectivity index (χ3v) is 2.25. The van der Waals surface area contributed by atoms with Gasteiger partial charge in [0, 0.05) is 23.5 Å². The number of halogens is 2. The van der Waals surface area contributed by atoms with Crippen LogP contribution in [-0.2, 0) is 9.59 Å². The van der Waals surface area contributed by atoms with Gasteiger partial charge in [0.05, 0.1) is 0 Å². The lowest BCUT2D eigenvalue weighted by molar-refractivity contribution is -0.124. The highest BCUT2D eigenvalue weighted by atomic mass is 79.9. The maximum Gasteiger partial charge on any atom is 0.227 e. The molecule has 0 aromatic rings. The molecule has 1 N–H and O–H groups in total. The summed E-state index contributed by atoms with van der Waals surface area (Å²) in [6, 6.07) is 0. The van der Waals surface area contributed by atoms with Gasteiger partial charge in [-0.25, -0.2) is 0 Å². The van der Waals surface area contributed by atoms with Crippen LogP contribution < -0.4 is 5.32 Å². The van der Waals surface area contributed by atoms with Gasteiger partial charge in [-0.15, -0.1) is 0 Å². The highest BCUT2D eigenvalue weighted by Gasteiger charge is 2.15. The van der Waals surface area contributed by atoms with Crippen molar-refractivity contribution in [3.8, 4) is 0 Å². The number of rotatable bonds is 2. The van der Waals surface area contributed by atoms with Crippen molar-refractivity contribution >= 4 is 43.7 Å². The largest absolute Gasteiger partial charge is 0.296 e. The maximum absolute atomic E-state index is 10.1. The zero-order chi connectivity index (χ0) is 9.40. The van der Waals surface area contributed by atoms with E-state index in [0.29, 0.717) is 12.8 Å². The minimum Gasteiger partial charge on any atom is -0.296 e. The highest BCUT2D eigenvalue weighted by Crippen LogP contribution is 1.95. The molecule has 1 aliphatic rings. The Morgan fingerprint density at radius 1 is 1.08 bits per heavy atom. The molecule has 0 saturated carbocycles. The summed E-state index contributed by atoms with van der Waals surface area (Å²) < 4.78 is 0. The van der Waals surface area contributed by atoms with Crippen LogP contribution in [0.3, 0.4) is 0 Å². The minimum absolute atomic E-state index is 0.148. The molecule has 70 valence electrons. The smallest absolute Gasteiger partial charge is 0.227 e. The molecule has 0 aliphatic carbocycles. The standard InChI is InChI=1S/C4H5NO2.C3H6Br2/c6-3-1-2-4(7)5-3;4-2-1-3-5/h1-2H2,(H,5,6,7);1-3H2. The zero-order valence-corrected chi connectivity index (χ0v) is 9.78. The SMILES string of the molecule is BrCCCBr.O=C1CCC(=O)N1.